The van der Waals surface area contributed by atoms with Gasteiger partial charge in [0.1, 0.15) is 0 Å². The highest BCUT2D eigenvalue weighted by molar-refractivity contribution is 5.58. The maximum Gasteiger partial charge on any atom is 0.0197 e. The topological polar surface area (TPSA) is 0 Å². The summed E-state index contributed by atoms with van der Waals surface area (Å²) in [5, 5.41) is 0. The monoisotopic (exact) mass is 777 g/mol. The summed E-state index contributed by atoms with van der Waals surface area (Å²) in [6, 6.07) is 28.5. The Morgan fingerprint density at radius 1 is 0.397 bits per heavy atom. The summed E-state index contributed by atoms with van der Waals surface area (Å²) in [5.41, 5.74) is 17.9. The molecule has 0 spiro atoms. The molecule has 0 aliphatic heterocycles. The zero-order valence-electron chi connectivity index (χ0n) is 39.1. The number of hydrogen-bond acceptors (Lipinski definition) is 0. The molecule has 312 valence electrons. The third-order valence-electron chi connectivity index (χ3n) is 15.5. The number of aryl methyl sites for hydroxylation is 6. The SMILES string of the molecule is CCC(CC)(c1ccc(C)c(C)c1)c1ccc(/C=C/C2(C)CCCCC2)c(C)c1.CCC(CC)(c1ccc(C)c(C)c1)c1ccc(/C=C/C2(C)CCCCC2)c(C)c1. The van der Waals surface area contributed by atoms with Crippen molar-refractivity contribution in [1.82, 2.24) is 0 Å². The summed E-state index contributed by atoms with van der Waals surface area (Å²) in [7, 11) is 0. The molecule has 4 aromatic rings. The lowest BCUT2D eigenvalue weighted by Gasteiger charge is -2.34. The number of rotatable bonds is 12. The Morgan fingerprint density at radius 3 is 0.966 bits per heavy atom. The molecule has 0 unspecified atom stereocenters. The number of hydrogen-bond donors (Lipinski definition) is 0. The Hall–Kier alpha value is -3.64. The Bertz CT molecular complexity index is 1860. The van der Waals surface area contributed by atoms with Crippen molar-refractivity contribution >= 4 is 12.2 Å². The van der Waals surface area contributed by atoms with E-state index in [-0.39, 0.29) is 10.8 Å². The standard InChI is InChI=1S/2C29H40/c2*1-7-29(8-2,26-14-12-22(3)23(4)20-26)27-15-13-25(24(5)21-27)16-19-28(6)17-10-9-11-18-28/h2*12-16,19-21H,7-11,17-18H2,1-6H3/b2*19-16+. The van der Waals surface area contributed by atoms with Gasteiger partial charge in [-0.25, -0.2) is 0 Å². The number of benzene rings is 4. The molecule has 0 bridgehead atoms. The van der Waals surface area contributed by atoms with Crippen LogP contribution in [0.1, 0.15) is 198 Å². The molecule has 0 heteroatoms. The smallest absolute Gasteiger partial charge is 0.0197 e. The summed E-state index contributed by atoms with van der Waals surface area (Å²) < 4.78 is 0. The molecule has 0 atom stereocenters. The van der Waals surface area contributed by atoms with Crippen LogP contribution in [0.5, 0.6) is 0 Å². The third-order valence-corrected chi connectivity index (χ3v) is 15.5. The molecule has 4 aromatic carbocycles. The molecule has 6 rings (SSSR count). The highest BCUT2D eigenvalue weighted by Gasteiger charge is 2.33. The van der Waals surface area contributed by atoms with Gasteiger partial charge in [-0.1, -0.05) is 177 Å². The Kier molecular flexibility index (Phi) is 15.4. The minimum Gasteiger partial charge on any atom is -0.0780 e. The quantitative estimate of drug-likeness (QED) is 0.134. The minimum absolute atomic E-state index is 0.0980. The Balaban J connectivity index is 0.000000221. The molecule has 0 amide bonds. The second-order valence-corrected chi connectivity index (χ2v) is 19.4. The lowest BCUT2D eigenvalue weighted by molar-refractivity contribution is 0.287. The first kappa shape index (κ1) is 45.4. The van der Waals surface area contributed by atoms with E-state index in [1.54, 1.807) is 0 Å². The normalized spacial score (nSPS) is 17.0. The van der Waals surface area contributed by atoms with Gasteiger partial charge in [0.2, 0.25) is 0 Å². The molecule has 2 saturated carbocycles. The predicted octanol–water partition coefficient (Wildman–Crippen LogP) is 17.4. The molecule has 58 heavy (non-hydrogen) atoms. The van der Waals surface area contributed by atoms with E-state index in [0.717, 1.165) is 25.7 Å². The van der Waals surface area contributed by atoms with Gasteiger partial charge >= 0.3 is 0 Å². The Morgan fingerprint density at radius 2 is 0.690 bits per heavy atom. The van der Waals surface area contributed by atoms with Crippen LogP contribution in [0, 0.1) is 52.4 Å². The summed E-state index contributed by atoms with van der Waals surface area (Å²) in [6.45, 7) is 27.7. The molecule has 2 fully saturated rings. The van der Waals surface area contributed by atoms with Crippen molar-refractivity contribution in [3.8, 4) is 0 Å². The fourth-order valence-electron chi connectivity index (χ4n) is 10.5. The van der Waals surface area contributed by atoms with Gasteiger partial charge in [0.15, 0.2) is 0 Å². The van der Waals surface area contributed by atoms with Crippen LogP contribution in [0.2, 0.25) is 0 Å². The van der Waals surface area contributed by atoms with Crippen molar-refractivity contribution in [1.29, 1.82) is 0 Å². The van der Waals surface area contributed by atoms with Crippen molar-refractivity contribution in [2.75, 3.05) is 0 Å². The van der Waals surface area contributed by atoms with Gasteiger partial charge in [-0.3, -0.25) is 0 Å². The molecule has 2 aliphatic carbocycles. The van der Waals surface area contributed by atoms with Crippen molar-refractivity contribution in [2.24, 2.45) is 10.8 Å². The van der Waals surface area contributed by atoms with Gasteiger partial charge in [-0.05, 0) is 171 Å². The second kappa shape index (κ2) is 19.6. The van der Waals surface area contributed by atoms with Crippen molar-refractivity contribution < 1.29 is 0 Å². The average Bonchev–Trinajstić information content (AvgIpc) is 3.22. The molecule has 0 N–H and O–H groups in total. The molecule has 0 radical (unpaired) electrons. The molecule has 0 aromatic heterocycles. The van der Waals surface area contributed by atoms with Gasteiger partial charge in [-0.2, -0.15) is 0 Å². The van der Waals surface area contributed by atoms with Crippen LogP contribution in [0.25, 0.3) is 12.2 Å². The van der Waals surface area contributed by atoms with Gasteiger partial charge in [0, 0.05) is 10.8 Å². The first-order chi connectivity index (χ1) is 27.7. The first-order valence-corrected chi connectivity index (χ1v) is 23.4. The molecule has 2 aliphatic rings. The van der Waals surface area contributed by atoms with E-state index in [1.165, 1.54) is 131 Å². The lowest BCUT2D eigenvalue weighted by atomic mass is 9.69. The van der Waals surface area contributed by atoms with E-state index in [9.17, 15) is 0 Å². The molecule has 0 heterocycles. The van der Waals surface area contributed by atoms with Crippen LogP contribution in [0.3, 0.4) is 0 Å². The predicted molar refractivity (Wildman–Crippen MR) is 257 cm³/mol. The van der Waals surface area contributed by atoms with Crippen LogP contribution in [0.4, 0.5) is 0 Å². The largest absolute Gasteiger partial charge is 0.0780 e. The lowest BCUT2D eigenvalue weighted by Crippen LogP contribution is -2.26. The van der Waals surface area contributed by atoms with Crippen molar-refractivity contribution in [3.63, 3.8) is 0 Å². The number of allylic oxidation sites excluding steroid dienone is 2. The van der Waals surface area contributed by atoms with E-state index < -0.39 is 0 Å². The molecule has 0 nitrogen and oxygen atoms in total. The zero-order chi connectivity index (χ0) is 42.1. The van der Waals surface area contributed by atoms with Gasteiger partial charge in [-0.15, -0.1) is 0 Å². The summed E-state index contributed by atoms with van der Waals surface area (Å²) in [6.07, 6.45) is 27.9. The minimum atomic E-state index is 0.0980. The fraction of sp³-hybridized carbons (Fsp3) is 0.517. The average molecular weight is 777 g/mol. The van der Waals surface area contributed by atoms with Crippen molar-refractivity contribution in [2.45, 2.75) is 184 Å². The van der Waals surface area contributed by atoms with E-state index >= 15 is 0 Å². The van der Waals surface area contributed by atoms with E-state index in [1.807, 2.05) is 0 Å². The Labute approximate surface area is 357 Å². The highest BCUT2D eigenvalue weighted by atomic mass is 14.4. The highest BCUT2D eigenvalue weighted by Crippen LogP contribution is 2.43. The maximum atomic E-state index is 2.49. The van der Waals surface area contributed by atoms with Gasteiger partial charge in [0.05, 0.1) is 0 Å². The summed E-state index contributed by atoms with van der Waals surface area (Å²) in [5.74, 6) is 0. The zero-order valence-corrected chi connectivity index (χ0v) is 39.1. The summed E-state index contributed by atoms with van der Waals surface area (Å²) >= 11 is 0. The van der Waals surface area contributed by atoms with E-state index in [2.05, 4.69) is 180 Å². The second-order valence-electron chi connectivity index (χ2n) is 19.4. The molecule has 0 saturated heterocycles. The van der Waals surface area contributed by atoms with Gasteiger partial charge in [0.25, 0.3) is 0 Å². The van der Waals surface area contributed by atoms with E-state index in [4.69, 9.17) is 0 Å². The first-order valence-electron chi connectivity index (χ1n) is 23.4. The maximum absolute atomic E-state index is 2.49. The summed E-state index contributed by atoms with van der Waals surface area (Å²) in [4.78, 5) is 0. The van der Waals surface area contributed by atoms with Crippen LogP contribution >= 0.6 is 0 Å². The molecular formula is C58H80. The van der Waals surface area contributed by atoms with Crippen LogP contribution in [-0.4, -0.2) is 0 Å². The molecular weight excluding hydrogens is 697 g/mol. The fourth-order valence-corrected chi connectivity index (χ4v) is 10.5. The van der Waals surface area contributed by atoms with Gasteiger partial charge < -0.3 is 0 Å². The van der Waals surface area contributed by atoms with Crippen molar-refractivity contribution in [3.05, 3.63) is 152 Å². The third kappa shape index (κ3) is 10.2. The van der Waals surface area contributed by atoms with Crippen LogP contribution < -0.4 is 0 Å². The van der Waals surface area contributed by atoms with Crippen LogP contribution in [-0.2, 0) is 10.8 Å². The van der Waals surface area contributed by atoms with Crippen LogP contribution in [0.15, 0.2) is 84.9 Å². The van der Waals surface area contributed by atoms with E-state index in [0.29, 0.717) is 10.8 Å².